The third-order valence-corrected chi connectivity index (χ3v) is 7.99. The molecule has 9 heteroatoms. The van der Waals surface area contributed by atoms with Gasteiger partial charge >= 0.3 is 12.3 Å². The highest BCUT2D eigenvalue weighted by Gasteiger charge is 2.44. The van der Waals surface area contributed by atoms with Crippen LogP contribution in [0, 0.1) is 0 Å². The molecule has 2 aliphatic heterocycles. The number of hydrogen-bond acceptors (Lipinski definition) is 5. The van der Waals surface area contributed by atoms with Crippen molar-refractivity contribution in [2.75, 3.05) is 31.2 Å². The van der Waals surface area contributed by atoms with Crippen LogP contribution in [0.2, 0.25) is 0 Å². The Morgan fingerprint density at radius 1 is 0.932 bits per heavy atom. The molecule has 0 aliphatic carbocycles. The van der Waals surface area contributed by atoms with Gasteiger partial charge in [-0.05, 0) is 93.8 Å². The van der Waals surface area contributed by atoms with Gasteiger partial charge in [-0.25, -0.2) is 4.79 Å². The average molecular weight is 611 g/mol. The molecular formula is C35H41F3N2O4. The van der Waals surface area contributed by atoms with Gasteiger partial charge < -0.3 is 24.4 Å². The maximum atomic E-state index is 13.5. The van der Waals surface area contributed by atoms with E-state index < -0.39 is 34.8 Å². The molecule has 0 saturated carbocycles. The Balaban J connectivity index is 1.24. The predicted octanol–water partition coefficient (Wildman–Crippen LogP) is 7.57. The van der Waals surface area contributed by atoms with Crippen LogP contribution in [0.3, 0.4) is 0 Å². The SMILES string of the molecule is CC(C)(C)OC(=O)NC1(CN2CCc3cc(CCc4ccc(-c5ccccc5C(F)(F)F)cc4)ccc32)COC(C)(C)OC1. The number of aryl methyl sites for hydroxylation is 2. The number of nitrogens with zero attached hydrogens (tertiary/aromatic N) is 1. The Morgan fingerprint density at radius 2 is 1.57 bits per heavy atom. The van der Waals surface area contributed by atoms with Crippen molar-refractivity contribution in [2.24, 2.45) is 0 Å². The highest BCUT2D eigenvalue weighted by molar-refractivity contribution is 5.70. The minimum absolute atomic E-state index is 0.188. The molecular weight excluding hydrogens is 569 g/mol. The number of alkyl halides is 3. The van der Waals surface area contributed by atoms with E-state index in [1.165, 1.54) is 23.3 Å². The second kappa shape index (κ2) is 12.1. The van der Waals surface area contributed by atoms with E-state index in [0.717, 1.165) is 43.1 Å². The van der Waals surface area contributed by atoms with Crippen molar-refractivity contribution in [1.82, 2.24) is 5.32 Å². The lowest BCUT2D eigenvalue weighted by atomic mass is 9.96. The summed E-state index contributed by atoms with van der Waals surface area (Å²) in [6.07, 6.45) is -2.44. The fraction of sp³-hybridized carbons (Fsp3) is 0.457. The molecule has 1 saturated heterocycles. The molecule has 0 bridgehead atoms. The Hall–Kier alpha value is -3.56. The topological polar surface area (TPSA) is 60.0 Å². The van der Waals surface area contributed by atoms with Crippen LogP contribution in [0.25, 0.3) is 11.1 Å². The summed E-state index contributed by atoms with van der Waals surface area (Å²) in [7, 11) is 0. The lowest BCUT2D eigenvalue weighted by Crippen LogP contribution is -2.66. The van der Waals surface area contributed by atoms with Gasteiger partial charge in [0.05, 0.1) is 18.8 Å². The number of ether oxygens (including phenoxy) is 3. The Bertz CT molecular complexity index is 1470. The number of nitrogens with one attached hydrogen (secondary N) is 1. The number of hydrogen-bond donors (Lipinski definition) is 1. The fourth-order valence-electron chi connectivity index (χ4n) is 5.76. The molecule has 0 aromatic heterocycles. The first-order valence-corrected chi connectivity index (χ1v) is 15.0. The minimum Gasteiger partial charge on any atom is -0.444 e. The van der Waals surface area contributed by atoms with E-state index in [2.05, 4.69) is 28.4 Å². The maximum Gasteiger partial charge on any atom is 0.417 e. The monoisotopic (exact) mass is 610 g/mol. The highest BCUT2D eigenvalue weighted by atomic mass is 19.4. The van der Waals surface area contributed by atoms with Crippen molar-refractivity contribution in [3.63, 3.8) is 0 Å². The van der Waals surface area contributed by atoms with Crippen molar-refractivity contribution in [2.45, 2.75) is 77.0 Å². The van der Waals surface area contributed by atoms with Crippen LogP contribution in [0.15, 0.2) is 66.7 Å². The fourth-order valence-corrected chi connectivity index (χ4v) is 5.76. The summed E-state index contributed by atoms with van der Waals surface area (Å²) in [5.74, 6) is -0.731. The number of carbonyl (C=O) groups is 1. The second-order valence-corrected chi connectivity index (χ2v) is 13.3. The van der Waals surface area contributed by atoms with Crippen molar-refractivity contribution < 1.29 is 32.2 Å². The molecule has 2 aliphatic rings. The number of rotatable bonds is 7. The van der Waals surface area contributed by atoms with Crippen LogP contribution in [0.5, 0.6) is 0 Å². The molecule has 3 aromatic rings. The zero-order valence-electron chi connectivity index (χ0n) is 26.0. The Morgan fingerprint density at radius 3 is 2.23 bits per heavy atom. The van der Waals surface area contributed by atoms with Gasteiger partial charge in [-0.2, -0.15) is 13.2 Å². The molecule has 1 fully saturated rings. The number of carbonyl (C=O) groups excluding carboxylic acids is 1. The third kappa shape index (κ3) is 7.74. The number of alkyl carbamates (subject to hydrolysis) is 1. The molecule has 2 heterocycles. The lowest BCUT2D eigenvalue weighted by Gasteiger charge is -2.45. The Kier molecular flexibility index (Phi) is 8.75. The number of fused-ring (bicyclic) bond motifs is 1. The maximum absolute atomic E-state index is 13.5. The van der Waals surface area contributed by atoms with Gasteiger partial charge in [-0.3, -0.25) is 0 Å². The molecule has 5 rings (SSSR count). The van der Waals surface area contributed by atoms with E-state index in [-0.39, 0.29) is 5.56 Å². The Labute approximate surface area is 257 Å². The molecule has 6 nitrogen and oxygen atoms in total. The number of halogens is 3. The standard InChI is InChI=1S/C35H41F3N2O4/c1-32(2,3)44-31(41)39-34(22-42-33(4,5)43-23-34)21-40-19-18-27-20-25(14-17-30(27)40)11-10-24-12-15-26(16-13-24)28-8-6-7-9-29(28)35(36,37)38/h6-9,12-17,20H,10-11,18-19,21-23H2,1-5H3,(H,39,41). The molecule has 0 radical (unpaired) electrons. The summed E-state index contributed by atoms with van der Waals surface area (Å²) in [4.78, 5) is 15.0. The average Bonchev–Trinajstić information content (AvgIpc) is 3.34. The summed E-state index contributed by atoms with van der Waals surface area (Å²) < 4.78 is 57.9. The van der Waals surface area contributed by atoms with Gasteiger partial charge in [0.15, 0.2) is 5.79 Å². The summed E-state index contributed by atoms with van der Waals surface area (Å²) in [5, 5.41) is 3.05. The minimum atomic E-state index is -4.40. The molecule has 3 aromatic carbocycles. The lowest BCUT2D eigenvalue weighted by molar-refractivity contribution is -0.269. The molecule has 0 unspecified atom stereocenters. The van der Waals surface area contributed by atoms with Crippen molar-refractivity contribution >= 4 is 11.8 Å². The smallest absolute Gasteiger partial charge is 0.417 e. The summed E-state index contributed by atoms with van der Waals surface area (Å²) in [6, 6.07) is 19.5. The van der Waals surface area contributed by atoms with E-state index in [9.17, 15) is 18.0 Å². The zero-order valence-corrected chi connectivity index (χ0v) is 26.0. The largest absolute Gasteiger partial charge is 0.444 e. The van der Waals surface area contributed by atoms with E-state index in [0.29, 0.717) is 25.3 Å². The second-order valence-electron chi connectivity index (χ2n) is 13.3. The molecule has 1 amide bonds. The van der Waals surface area contributed by atoms with E-state index in [4.69, 9.17) is 14.2 Å². The first-order chi connectivity index (χ1) is 20.6. The summed E-state index contributed by atoms with van der Waals surface area (Å²) >= 11 is 0. The molecule has 0 atom stereocenters. The highest BCUT2D eigenvalue weighted by Crippen LogP contribution is 2.37. The molecule has 1 N–H and O–H groups in total. The van der Waals surface area contributed by atoms with Gasteiger partial charge in [0.2, 0.25) is 0 Å². The normalized spacial score (nSPS) is 17.7. The van der Waals surface area contributed by atoms with Crippen LogP contribution in [-0.4, -0.2) is 49.3 Å². The summed E-state index contributed by atoms with van der Waals surface area (Å²) in [5.41, 5.74) is 3.34. The van der Waals surface area contributed by atoms with E-state index >= 15 is 0 Å². The summed E-state index contributed by atoms with van der Waals surface area (Å²) in [6.45, 7) is 11.1. The molecule has 0 spiro atoms. The first kappa shape index (κ1) is 31.9. The number of benzene rings is 3. The molecule has 44 heavy (non-hydrogen) atoms. The quantitative estimate of drug-likeness (QED) is 0.299. The van der Waals surface area contributed by atoms with Gasteiger partial charge in [-0.1, -0.05) is 54.6 Å². The van der Waals surface area contributed by atoms with Crippen molar-refractivity contribution in [1.29, 1.82) is 0 Å². The predicted molar refractivity (Wildman–Crippen MR) is 165 cm³/mol. The first-order valence-electron chi connectivity index (χ1n) is 15.0. The van der Waals surface area contributed by atoms with Crippen molar-refractivity contribution in [3.05, 3.63) is 89.0 Å². The zero-order chi connectivity index (χ0) is 31.8. The van der Waals surface area contributed by atoms with Gasteiger partial charge in [0.1, 0.15) is 11.1 Å². The molecule has 236 valence electrons. The van der Waals surface area contributed by atoms with Crippen LogP contribution in [0.1, 0.15) is 56.9 Å². The van der Waals surface area contributed by atoms with Gasteiger partial charge in [0, 0.05) is 18.8 Å². The van der Waals surface area contributed by atoms with Crippen LogP contribution in [0.4, 0.5) is 23.7 Å². The van der Waals surface area contributed by atoms with E-state index in [1.807, 2.05) is 46.8 Å². The van der Waals surface area contributed by atoms with Gasteiger partial charge in [0.25, 0.3) is 0 Å². The number of anilines is 1. The van der Waals surface area contributed by atoms with E-state index in [1.54, 1.807) is 18.2 Å². The van der Waals surface area contributed by atoms with Gasteiger partial charge in [-0.15, -0.1) is 0 Å². The third-order valence-electron chi connectivity index (χ3n) is 7.99. The number of amides is 1. The van der Waals surface area contributed by atoms with Crippen molar-refractivity contribution in [3.8, 4) is 11.1 Å². The van der Waals surface area contributed by atoms with Crippen LogP contribution >= 0.6 is 0 Å². The van der Waals surface area contributed by atoms with Crippen LogP contribution in [-0.2, 0) is 39.6 Å². The van der Waals surface area contributed by atoms with Crippen LogP contribution < -0.4 is 10.2 Å².